The SMILES string of the molecule is Nc1nc2oc3ccc(Cl)cc3c(=O)c2cc1-c1nc2ccccc2c(=O)[nH]1. The lowest BCUT2D eigenvalue weighted by atomic mass is 10.1. The number of nitrogens with two attached hydrogens (primary N) is 1. The van der Waals surface area contributed by atoms with Gasteiger partial charge in [-0.1, -0.05) is 23.7 Å². The number of hydrogen-bond acceptors (Lipinski definition) is 6. The van der Waals surface area contributed by atoms with Crippen LogP contribution < -0.4 is 16.7 Å². The molecule has 0 saturated heterocycles. The molecule has 0 atom stereocenters. The van der Waals surface area contributed by atoms with E-state index in [-0.39, 0.29) is 33.7 Å². The first-order valence-corrected chi connectivity index (χ1v) is 8.71. The van der Waals surface area contributed by atoms with Crippen LogP contribution in [0.4, 0.5) is 5.82 Å². The summed E-state index contributed by atoms with van der Waals surface area (Å²) in [6.07, 6.45) is 0. The molecule has 0 aliphatic carbocycles. The molecule has 0 radical (unpaired) electrons. The van der Waals surface area contributed by atoms with Crippen LogP contribution in [0.2, 0.25) is 5.02 Å². The first-order chi connectivity index (χ1) is 13.5. The highest BCUT2D eigenvalue weighted by Gasteiger charge is 2.16. The number of benzene rings is 2. The number of para-hydroxylation sites is 1. The van der Waals surface area contributed by atoms with Gasteiger partial charge < -0.3 is 15.1 Å². The summed E-state index contributed by atoms with van der Waals surface area (Å²) >= 11 is 6.00. The van der Waals surface area contributed by atoms with Gasteiger partial charge in [0.05, 0.1) is 27.2 Å². The maximum absolute atomic E-state index is 12.9. The standard InChI is InChI=1S/C20H11ClN4O3/c21-9-5-6-15-11(7-9)16(26)12-8-13(17(22)24-20(12)28-15)18-23-14-4-2-1-3-10(14)19(27)25-18/h1-8H,(H2,22,24)(H,23,25,27). The van der Waals surface area contributed by atoms with Crippen molar-refractivity contribution in [2.75, 3.05) is 5.73 Å². The Morgan fingerprint density at radius 3 is 2.64 bits per heavy atom. The van der Waals surface area contributed by atoms with Crippen LogP contribution in [0.5, 0.6) is 0 Å². The third kappa shape index (κ3) is 2.44. The number of aromatic nitrogens is 3. The highest BCUT2D eigenvalue weighted by atomic mass is 35.5. The molecule has 0 aliphatic rings. The number of fused-ring (bicyclic) bond motifs is 3. The van der Waals surface area contributed by atoms with Gasteiger partial charge in [0.25, 0.3) is 5.56 Å². The van der Waals surface area contributed by atoms with E-state index in [1.807, 2.05) is 0 Å². The molecule has 3 N–H and O–H groups in total. The quantitative estimate of drug-likeness (QED) is 0.423. The molecule has 5 aromatic rings. The summed E-state index contributed by atoms with van der Waals surface area (Å²) < 4.78 is 5.71. The van der Waals surface area contributed by atoms with Crippen LogP contribution in [-0.4, -0.2) is 15.0 Å². The van der Waals surface area contributed by atoms with E-state index in [4.69, 9.17) is 21.8 Å². The second-order valence-corrected chi connectivity index (χ2v) is 6.71. The smallest absolute Gasteiger partial charge is 0.259 e. The maximum atomic E-state index is 12.9. The van der Waals surface area contributed by atoms with Crippen LogP contribution in [0.15, 0.2) is 62.5 Å². The zero-order valence-corrected chi connectivity index (χ0v) is 14.9. The molecule has 8 heteroatoms. The van der Waals surface area contributed by atoms with Crippen molar-refractivity contribution < 1.29 is 4.42 Å². The normalized spacial score (nSPS) is 11.5. The molecule has 136 valence electrons. The average Bonchev–Trinajstić information content (AvgIpc) is 2.68. The predicted octanol–water partition coefficient (Wildman–Crippen LogP) is 3.48. The topological polar surface area (TPSA) is 115 Å². The fourth-order valence-corrected chi connectivity index (χ4v) is 3.34. The molecule has 0 bridgehead atoms. The summed E-state index contributed by atoms with van der Waals surface area (Å²) in [7, 11) is 0. The lowest BCUT2D eigenvalue weighted by molar-refractivity contribution is 0.645. The van der Waals surface area contributed by atoms with Gasteiger partial charge in [-0.2, -0.15) is 4.98 Å². The van der Waals surface area contributed by atoms with Crippen molar-refractivity contribution in [1.82, 2.24) is 15.0 Å². The van der Waals surface area contributed by atoms with Crippen LogP contribution in [0.25, 0.3) is 44.4 Å². The Hall–Kier alpha value is -3.71. The highest BCUT2D eigenvalue weighted by Crippen LogP contribution is 2.27. The van der Waals surface area contributed by atoms with Crippen molar-refractivity contribution in [3.8, 4) is 11.4 Å². The van der Waals surface area contributed by atoms with Crippen molar-refractivity contribution in [1.29, 1.82) is 0 Å². The number of hydrogen-bond donors (Lipinski definition) is 2. The van der Waals surface area contributed by atoms with E-state index in [9.17, 15) is 9.59 Å². The van der Waals surface area contributed by atoms with E-state index in [2.05, 4.69) is 15.0 Å². The van der Waals surface area contributed by atoms with Gasteiger partial charge in [-0.3, -0.25) is 9.59 Å². The number of nitrogens with zero attached hydrogens (tertiary/aromatic N) is 2. The van der Waals surface area contributed by atoms with E-state index in [0.717, 1.165) is 0 Å². The average molecular weight is 391 g/mol. The monoisotopic (exact) mass is 390 g/mol. The molecule has 3 aromatic heterocycles. The number of halogens is 1. The second-order valence-electron chi connectivity index (χ2n) is 6.28. The summed E-state index contributed by atoms with van der Waals surface area (Å²) in [6.45, 7) is 0. The van der Waals surface area contributed by atoms with Gasteiger partial charge in [-0.15, -0.1) is 0 Å². The highest BCUT2D eigenvalue weighted by molar-refractivity contribution is 6.31. The minimum absolute atomic E-state index is 0.0856. The number of H-pyrrole nitrogens is 1. The number of anilines is 1. The largest absolute Gasteiger partial charge is 0.437 e. The molecule has 7 nitrogen and oxygen atoms in total. The van der Waals surface area contributed by atoms with Gasteiger partial charge in [-0.05, 0) is 36.4 Å². The van der Waals surface area contributed by atoms with E-state index < -0.39 is 0 Å². The number of nitrogen functional groups attached to an aromatic ring is 1. The number of nitrogens with one attached hydrogen (secondary N) is 1. The third-order valence-corrected chi connectivity index (χ3v) is 4.76. The first kappa shape index (κ1) is 16.5. The summed E-state index contributed by atoms with van der Waals surface area (Å²) in [5, 5.41) is 1.43. The van der Waals surface area contributed by atoms with E-state index in [1.54, 1.807) is 36.4 Å². The van der Waals surface area contributed by atoms with E-state index in [1.165, 1.54) is 12.1 Å². The van der Waals surface area contributed by atoms with Crippen LogP contribution in [0, 0.1) is 0 Å². The fourth-order valence-electron chi connectivity index (χ4n) is 3.17. The van der Waals surface area contributed by atoms with E-state index in [0.29, 0.717) is 32.5 Å². The Morgan fingerprint density at radius 2 is 1.79 bits per heavy atom. The molecule has 28 heavy (non-hydrogen) atoms. The Morgan fingerprint density at radius 1 is 0.964 bits per heavy atom. The molecule has 2 aromatic carbocycles. The molecule has 0 aliphatic heterocycles. The van der Waals surface area contributed by atoms with Crippen LogP contribution >= 0.6 is 11.6 Å². The summed E-state index contributed by atoms with van der Waals surface area (Å²) in [5.41, 5.74) is 6.78. The zero-order chi connectivity index (χ0) is 19.4. The van der Waals surface area contributed by atoms with Crippen LogP contribution in [-0.2, 0) is 0 Å². The maximum Gasteiger partial charge on any atom is 0.259 e. The Bertz CT molecular complexity index is 1540. The molecule has 0 fully saturated rings. The van der Waals surface area contributed by atoms with Gasteiger partial charge in [0.1, 0.15) is 17.2 Å². The molecule has 5 rings (SSSR count). The molecular weight excluding hydrogens is 380 g/mol. The third-order valence-electron chi connectivity index (χ3n) is 4.52. The molecule has 0 unspecified atom stereocenters. The number of aromatic amines is 1. The Labute approximate surface area is 161 Å². The first-order valence-electron chi connectivity index (χ1n) is 8.33. The van der Waals surface area contributed by atoms with Gasteiger partial charge in [0.15, 0.2) is 0 Å². The zero-order valence-electron chi connectivity index (χ0n) is 14.2. The van der Waals surface area contributed by atoms with Gasteiger partial charge in [0.2, 0.25) is 11.1 Å². The second kappa shape index (κ2) is 5.90. The van der Waals surface area contributed by atoms with Crippen molar-refractivity contribution in [3.05, 3.63) is 74.1 Å². The summed E-state index contributed by atoms with van der Waals surface area (Å²) in [4.78, 5) is 36.7. The van der Waals surface area contributed by atoms with Crippen LogP contribution in [0.1, 0.15) is 0 Å². The lowest BCUT2D eigenvalue weighted by Crippen LogP contribution is -2.11. The van der Waals surface area contributed by atoms with Crippen molar-refractivity contribution in [2.45, 2.75) is 0 Å². The van der Waals surface area contributed by atoms with Crippen molar-refractivity contribution in [2.24, 2.45) is 0 Å². The predicted molar refractivity (Wildman–Crippen MR) is 109 cm³/mol. The number of rotatable bonds is 1. The van der Waals surface area contributed by atoms with Crippen molar-refractivity contribution in [3.63, 3.8) is 0 Å². The molecular formula is C20H11ClN4O3. The van der Waals surface area contributed by atoms with Crippen LogP contribution in [0.3, 0.4) is 0 Å². The molecule has 0 saturated carbocycles. The Kier molecular flexibility index (Phi) is 3.47. The Balaban J connectivity index is 1.84. The van der Waals surface area contributed by atoms with Gasteiger partial charge in [-0.25, -0.2) is 4.98 Å². The van der Waals surface area contributed by atoms with Gasteiger partial charge in [0, 0.05) is 5.02 Å². The lowest BCUT2D eigenvalue weighted by Gasteiger charge is -2.08. The fraction of sp³-hybridized carbons (Fsp3) is 0. The minimum atomic E-state index is -0.308. The van der Waals surface area contributed by atoms with Gasteiger partial charge >= 0.3 is 0 Å². The summed E-state index contributed by atoms with van der Waals surface area (Å²) in [6, 6.07) is 13.2. The molecule has 0 spiro atoms. The molecule has 0 amide bonds. The van der Waals surface area contributed by atoms with Crippen molar-refractivity contribution >= 4 is 50.4 Å². The van der Waals surface area contributed by atoms with E-state index >= 15 is 0 Å². The minimum Gasteiger partial charge on any atom is -0.437 e. The summed E-state index contributed by atoms with van der Waals surface area (Å²) in [5.74, 6) is 0.309. The molecule has 3 heterocycles. The number of pyridine rings is 1.